The highest BCUT2D eigenvalue weighted by atomic mass is 32.2. The van der Waals surface area contributed by atoms with Gasteiger partial charge < -0.3 is 10.1 Å². The van der Waals surface area contributed by atoms with Gasteiger partial charge in [-0.1, -0.05) is 66.4 Å². The van der Waals surface area contributed by atoms with Gasteiger partial charge in [-0.05, 0) is 42.5 Å². The van der Waals surface area contributed by atoms with Gasteiger partial charge in [-0.25, -0.2) is 0 Å². The van der Waals surface area contributed by atoms with Crippen LogP contribution in [0.3, 0.4) is 0 Å². The summed E-state index contributed by atoms with van der Waals surface area (Å²) in [7, 11) is 0. The van der Waals surface area contributed by atoms with Gasteiger partial charge in [0.05, 0.1) is 15.5 Å². The normalized spacial score (nSPS) is 10.4. The van der Waals surface area contributed by atoms with Crippen LogP contribution in [-0.2, 0) is 0 Å². The van der Waals surface area contributed by atoms with Crippen LogP contribution in [-0.4, -0.2) is 15.0 Å². The van der Waals surface area contributed by atoms with E-state index < -0.39 is 16.1 Å². The quantitative estimate of drug-likeness (QED) is 0.141. The zero-order valence-electron chi connectivity index (χ0n) is 18.3. The lowest BCUT2D eigenvalue weighted by Gasteiger charge is -2.09. The average Bonchev–Trinajstić information content (AvgIpc) is 2.88. The smallest absolute Gasteiger partial charge is 0.283 e. The first-order chi connectivity index (χ1) is 16.9. The van der Waals surface area contributed by atoms with E-state index in [1.165, 1.54) is 17.8 Å². The fraction of sp³-hybridized carbons (Fsp3) is 0. The van der Waals surface area contributed by atoms with Crippen LogP contribution in [0.1, 0.15) is 0 Å². The molecule has 0 aliphatic rings. The van der Waals surface area contributed by atoms with Crippen molar-refractivity contribution in [2.75, 3.05) is 0 Å². The Labute approximate surface area is 210 Å². The van der Waals surface area contributed by atoms with Gasteiger partial charge in [0.15, 0.2) is 5.75 Å². The van der Waals surface area contributed by atoms with E-state index in [0.29, 0.717) is 21.4 Å². The van der Waals surface area contributed by atoms with Gasteiger partial charge in [0, 0.05) is 32.3 Å². The van der Waals surface area contributed by atoms with Crippen molar-refractivity contribution in [1.82, 2.24) is 4.98 Å². The fourth-order valence-electron chi connectivity index (χ4n) is 3.38. The number of hydrogen-bond donors (Lipinski definition) is 3. The maximum atomic E-state index is 12.4. The number of aromatic nitrogens is 1. The second-order valence-electron chi connectivity index (χ2n) is 7.41. The topological polar surface area (TPSA) is 96.2 Å². The Morgan fingerprint density at radius 2 is 1.49 bits per heavy atom. The van der Waals surface area contributed by atoms with E-state index in [0.717, 1.165) is 9.79 Å². The molecule has 0 aliphatic heterocycles. The maximum Gasteiger partial charge on any atom is 0.283 e. The number of H-pyrrole nitrogens is 1. The SMILES string of the molecule is O=c1c(O)c(-c2ccc(Sc3ccccc3)c([N+](=O)[O-])c2)[nH]c2ccccc12.Sc1ccccc1. The van der Waals surface area contributed by atoms with E-state index in [4.69, 9.17) is 0 Å². The number of nitrogens with one attached hydrogen (secondary N) is 1. The molecular weight excluding hydrogens is 480 g/mol. The van der Waals surface area contributed by atoms with Crippen LogP contribution in [0.25, 0.3) is 22.2 Å². The maximum absolute atomic E-state index is 12.4. The molecule has 5 aromatic rings. The number of aromatic amines is 1. The van der Waals surface area contributed by atoms with E-state index in [-0.39, 0.29) is 11.4 Å². The summed E-state index contributed by atoms with van der Waals surface area (Å²) in [5, 5.41) is 22.3. The van der Waals surface area contributed by atoms with E-state index in [9.17, 15) is 20.0 Å². The van der Waals surface area contributed by atoms with Gasteiger partial charge in [-0.2, -0.15) is 0 Å². The Hall–Kier alpha value is -4.01. The monoisotopic (exact) mass is 500 g/mol. The van der Waals surface area contributed by atoms with Gasteiger partial charge in [0.25, 0.3) is 5.69 Å². The van der Waals surface area contributed by atoms with Crippen LogP contribution >= 0.6 is 24.4 Å². The summed E-state index contributed by atoms with van der Waals surface area (Å²) < 4.78 is 0. The van der Waals surface area contributed by atoms with E-state index in [1.807, 2.05) is 60.7 Å². The molecule has 5 rings (SSSR count). The van der Waals surface area contributed by atoms with Crippen molar-refractivity contribution in [2.24, 2.45) is 0 Å². The average molecular weight is 501 g/mol. The summed E-state index contributed by atoms with van der Waals surface area (Å²) in [6.45, 7) is 0. The van der Waals surface area contributed by atoms with Crippen molar-refractivity contribution >= 4 is 41.0 Å². The Balaban J connectivity index is 0.000000356. The first-order valence-corrected chi connectivity index (χ1v) is 11.8. The zero-order valence-corrected chi connectivity index (χ0v) is 20.0. The number of nitrogens with zero attached hydrogens (tertiary/aromatic N) is 1. The molecule has 0 atom stereocenters. The summed E-state index contributed by atoms with van der Waals surface area (Å²) in [5.74, 6) is -0.462. The van der Waals surface area contributed by atoms with Gasteiger partial charge in [-0.3, -0.25) is 14.9 Å². The van der Waals surface area contributed by atoms with Crippen molar-refractivity contribution in [3.05, 3.63) is 123 Å². The zero-order chi connectivity index (χ0) is 24.8. The molecule has 0 bridgehead atoms. The Morgan fingerprint density at radius 3 is 2.11 bits per heavy atom. The molecule has 35 heavy (non-hydrogen) atoms. The third-order valence-corrected chi connectivity index (χ3v) is 6.43. The lowest BCUT2D eigenvalue weighted by atomic mass is 10.1. The van der Waals surface area contributed by atoms with E-state index in [1.54, 1.807) is 36.4 Å². The number of pyridine rings is 1. The first-order valence-electron chi connectivity index (χ1n) is 10.5. The summed E-state index contributed by atoms with van der Waals surface area (Å²) in [6.07, 6.45) is 0. The number of thiol groups is 1. The number of aromatic hydroxyl groups is 1. The number of para-hydroxylation sites is 1. The molecule has 0 saturated carbocycles. The standard InChI is InChI=1S/C21H14N2O4S.C6H6S/c24-20-15-8-4-5-9-16(15)22-19(21(20)25)13-10-11-18(17(12-13)23(26)27)28-14-6-2-1-3-7-14;7-6-4-2-1-3-5-6/h1-12,25H,(H,22,24);1-5,7H. The molecular formula is C27H20N2O4S2. The minimum atomic E-state index is -0.519. The van der Waals surface area contributed by atoms with Crippen LogP contribution < -0.4 is 5.43 Å². The number of nitro benzene ring substituents is 1. The molecule has 0 saturated heterocycles. The lowest BCUT2D eigenvalue weighted by Crippen LogP contribution is -2.05. The third kappa shape index (κ3) is 5.74. The molecule has 0 aliphatic carbocycles. The van der Waals surface area contributed by atoms with Crippen LogP contribution in [0.4, 0.5) is 5.69 Å². The summed E-state index contributed by atoms with van der Waals surface area (Å²) in [6, 6.07) is 30.6. The predicted octanol–water partition coefficient (Wildman–Crippen LogP) is 6.94. The van der Waals surface area contributed by atoms with Gasteiger partial charge in [0.2, 0.25) is 5.43 Å². The van der Waals surface area contributed by atoms with Crippen molar-refractivity contribution in [3.63, 3.8) is 0 Å². The second-order valence-corrected chi connectivity index (χ2v) is 9.05. The van der Waals surface area contributed by atoms with E-state index >= 15 is 0 Å². The molecule has 1 aromatic heterocycles. The number of nitro groups is 1. The molecule has 0 unspecified atom stereocenters. The highest BCUT2D eigenvalue weighted by molar-refractivity contribution is 7.99. The lowest BCUT2D eigenvalue weighted by molar-refractivity contribution is -0.387. The molecule has 1 heterocycles. The van der Waals surface area contributed by atoms with Crippen LogP contribution in [0.15, 0.2) is 123 Å². The van der Waals surface area contributed by atoms with Crippen LogP contribution in [0, 0.1) is 10.1 Å². The first kappa shape index (κ1) is 24.1. The third-order valence-electron chi connectivity index (χ3n) is 5.05. The van der Waals surface area contributed by atoms with Crippen molar-refractivity contribution in [3.8, 4) is 17.0 Å². The van der Waals surface area contributed by atoms with E-state index in [2.05, 4.69) is 17.6 Å². The largest absolute Gasteiger partial charge is 0.503 e. The predicted molar refractivity (Wildman–Crippen MR) is 143 cm³/mol. The van der Waals surface area contributed by atoms with Gasteiger partial charge >= 0.3 is 0 Å². The number of rotatable bonds is 4. The summed E-state index contributed by atoms with van der Waals surface area (Å²) in [5.41, 5.74) is 0.452. The number of benzene rings is 4. The molecule has 6 nitrogen and oxygen atoms in total. The Morgan fingerprint density at radius 1 is 0.857 bits per heavy atom. The summed E-state index contributed by atoms with van der Waals surface area (Å²) in [4.78, 5) is 29.0. The summed E-state index contributed by atoms with van der Waals surface area (Å²) >= 11 is 5.36. The highest BCUT2D eigenvalue weighted by Gasteiger charge is 2.19. The van der Waals surface area contributed by atoms with Gasteiger partial charge in [0.1, 0.15) is 0 Å². The van der Waals surface area contributed by atoms with Crippen LogP contribution in [0.2, 0.25) is 0 Å². The number of fused-ring (bicyclic) bond motifs is 1. The Bertz CT molecular complexity index is 1540. The minimum absolute atomic E-state index is 0.0974. The minimum Gasteiger partial charge on any atom is -0.503 e. The molecule has 0 spiro atoms. The molecule has 0 fully saturated rings. The number of hydrogen-bond acceptors (Lipinski definition) is 6. The molecule has 0 amide bonds. The molecule has 2 N–H and O–H groups in total. The Kier molecular flexibility index (Phi) is 7.54. The molecule has 174 valence electrons. The highest BCUT2D eigenvalue weighted by Crippen LogP contribution is 2.38. The van der Waals surface area contributed by atoms with Crippen LogP contribution in [0.5, 0.6) is 5.75 Å². The molecule has 4 aromatic carbocycles. The molecule has 8 heteroatoms. The van der Waals surface area contributed by atoms with Gasteiger partial charge in [-0.15, -0.1) is 12.6 Å². The fourth-order valence-corrected chi connectivity index (χ4v) is 4.47. The molecule has 0 radical (unpaired) electrons. The van der Waals surface area contributed by atoms with Crippen molar-refractivity contribution in [2.45, 2.75) is 14.7 Å². The second kappa shape index (κ2) is 10.9. The van der Waals surface area contributed by atoms with Crippen molar-refractivity contribution in [1.29, 1.82) is 0 Å². The van der Waals surface area contributed by atoms with Crippen molar-refractivity contribution < 1.29 is 10.0 Å².